The van der Waals surface area contributed by atoms with Gasteiger partial charge in [-0.25, -0.2) is 0 Å². The van der Waals surface area contributed by atoms with Crippen LogP contribution in [0.15, 0.2) is 0 Å². The lowest BCUT2D eigenvalue weighted by Gasteiger charge is -2.34. The quantitative estimate of drug-likeness (QED) is 0.779. The summed E-state index contributed by atoms with van der Waals surface area (Å²) in [6, 6.07) is -0.0273. The Morgan fingerprint density at radius 1 is 1.38 bits per heavy atom. The fourth-order valence-electron chi connectivity index (χ4n) is 1.77. The van der Waals surface area contributed by atoms with E-state index in [1.807, 2.05) is 13.8 Å². The van der Waals surface area contributed by atoms with Crippen LogP contribution in [0, 0.1) is 5.92 Å². The van der Waals surface area contributed by atoms with Crippen molar-refractivity contribution in [2.45, 2.75) is 32.7 Å². The van der Waals surface area contributed by atoms with E-state index >= 15 is 0 Å². The number of piperidine rings is 1. The lowest BCUT2D eigenvalue weighted by Crippen LogP contribution is -2.48. The molecule has 1 aliphatic heterocycles. The number of aliphatic hydroxyl groups excluding tert-OH is 1. The Morgan fingerprint density at radius 2 is 1.88 bits per heavy atom. The van der Waals surface area contributed by atoms with E-state index in [4.69, 9.17) is 5.11 Å². The van der Waals surface area contributed by atoms with E-state index in [-0.39, 0.29) is 18.6 Å². The molecule has 0 saturated carbocycles. The van der Waals surface area contributed by atoms with Gasteiger partial charge in [0.25, 0.3) is 10.2 Å². The van der Waals surface area contributed by atoms with Crippen molar-refractivity contribution in [2.24, 2.45) is 5.92 Å². The molecule has 0 aliphatic carbocycles. The molecular weight excluding hydrogens is 228 g/mol. The van der Waals surface area contributed by atoms with E-state index in [1.165, 1.54) is 8.61 Å². The topological polar surface area (TPSA) is 60.9 Å². The molecule has 96 valence electrons. The average molecular weight is 250 g/mol. The van der Waals surface area contributed by atoms with Crippen LogP contribution in [0.25, 0.3) is 0 Å². The second kappa shape index (κ2) is 5.44. The molecule has 1 saturated heterocycles. The molecular formula is C10H22N2O3S. The summed E-state index contributed by atoms with van der Waals surface area (Å²) in [5, 5.41) is 9.00. The number of aliphatic hydroxyl groups is 1. The number of rotatable bonds is 4. The van der Waals surface area contributed by atoms with Crippen LogP contribution in [0.3, 0.4) is 0 Å². The minimum Gasteiger partial charge on any atom is -0.396 e. The first-order valence-electron chi connectivity index (χ1n) is 5.73. The Kier molecular flexibility index (Phi) is 4.73. The van der Waals surface area contributed by atoms with E-state index in [2.05, 4.69) is 0 Å². The van der Waals surface area contributed by atoms with Crippen molar-refractivity contribution in [3.05, 3.63) is 0 Å². The summed E-state index contributed by atoms with van der Waals surface area (Å²) in [5.41, 5.74) is 0. The first-order chi connectivity index (χ1) is 7.39. The van der Waals surface area contributed by atoms with Crippen molar-refractivity contribution in [3.63, 3.8) is 0 Å². The standard InChI is InChI=1S/C10H22N2O3S/c1-9(2)11(3)16(14,15)12-6-4-10(8-13)5-7-12/h9-10,13H,4-8H2,1-3H3. The van der Waals surface area contributed by atoms with E-state index in [0.29, 0.717) is 13.1 Å². The molecule has 0 spiro atoms. The average Bonchev–Trinajstić information content (AvgIpc) is 2.28. The highest BCUT2D eigenvalue weighted by atomic mass is 32.2. The van der Waals surface area contributed by atoms with Crippen molar-refractivity contribution >= 4 is 10.2 Å². The molecule has 0 aromatic rings. The van der Waals surface area contributed by atoms with Gasteiger partial charge < -0.3 is 5.11 Å². The van der Waals surface area contributed by atoms with Gasteiger partial charge in [-0.1, -0.05) is 0 Å². The molecule has 16 heavy (non-hydrogen) atoms. The number of hydrogen-bond acceptors (Lipinski definition) is 3. The van der Waals surface area contributed by atoms with Gasteiger partial charge in [0.15, 0.2) is 0 Å². The van der Waals surface area contributed by atoms with Crippen molar-refractivity contribution in [3.8, 4) is 0 Å². The molecule has 1 aliphatic rings. The maximum atomic E-state index is 12.1. The van der Waals surface area contributed by atoms with Crippen LogP contribution in [0.2, 0.25) is 0 Å². The molecule has 1 N–H and O–H groups in total. The molecule has 0 unspecified atom stereocenters. The van der Waals surface area contributed by atoms with Gasteiger partial charge in [0.05, 0.1) is 0 Å². The molecule has 0 aromatic heterocycles. The minimum absolute atomic E-state index is 0.0273. The SMILES string of the molecule is CC(C)N(C)S(=O)(=O)N1CCC(CO)CC1. The Morgan fingerprint density at radius 3 is 2.25 bits per heavy atom. The van der Waals surface area contributed by atoms with Crippen LogP contribution in [0.5, 0.6) is 0 Å². The Labute approximate surface area is 98.2 Å². The van der Waals surface area contributed by atoms with Crippen LogP contribution in [0.1, 0.15) is 26.7 Å². The number of nitrogens with zero attached hydrogens (tertiary/aromatic N) is 2. The van der Waals surface area contributed by atoms with Crippen molar-refractivity contribution in [1.82, 2.24) is 8.61 Å². The monoisotopic (exact) mass is 250 g/mol. The third-order valence-corrected chi connectivity index (χ3v) is 5.42. The summed E-state index contributed by atoms with van der Waals surface area (Å²) >= 11 is 0. The first-order valence-corrected chi connectivity index (χ1v) is 7.13. The Balaban J connectivity index is 2.65. The zero-order valence-corrected chi connectivity index (χ0v) is 11.1. The highest BCUT2D eigenvalue weighted by Crippen LogP contribution is 2.21. The van der Waals surface area contributed by atoms with Crippen LogP contribution < -0.4 is 0 Å². The molecule has 1 rings (SSSR count). The summed E-state index contributed by atoms with van der Waals surface area (Å²) in [6.07, 6.45) is 1.50. The van der Waals surface area contributed by atoms with E-state index < -0.39 is 10.2 Å². The lowest BCUT2D eigenvalue weighted by molar-refractivity contribution is 0.166. The molecule has 0 bridgehead atoms. The third kappa shape index (κ3) is 2.94. The lowest BCUT2D eigenvalue weighted by atomic mass is 10.00. The summed E-state index contributed by atoms with van der Waals surface area (Å²) in [7, 11) is -1.70. The van der Waals surface area contributed by atoms with Crippen LogP contribution >= 0.6 is 0 Å². The molecule has 0 atom stereocenters. The second-order valence-corrected chi connectivity index (χ2v) is 6.63. The Hall–Kier alpha value is -0.170. The summed E-state index contributed by atoms with van der Waals surface area (Å²) in [4.78, 5) is 0. The third-order valence-electron chi connectivity index (χ3n) is 3.25. The van der Waals surface area contributed by atoms with Crippen molar-refractivity contribution in [1.29, 1.82) is 0 Å². The highest BCUT2D eigenvalue weighted by molar-refractivity contribution is 7.86. The molecule has 6 heteroatoms. The second-order valence-electron chi connectivity index (χ2n) is 4.64. The minimum atomic E-state index is -3.31. The fourth-order valence-corrected chi connectivity index (χ4v) is 3.34. The summed E-state index contributed by atoms with van der Waals surface area (Å²) in [5.74, 6) is 0.260. The molecule has 0 amide bonds. The predicted molar refractivity (Wildman–Crippen MR) is 63.2 cm³/mol. The van der Waals surface area contributed by atoms with Gasteiger partial charge in [-0.15, -0.1) is 0 Å². The zero-order valence-electron chi connectivity index (χ0n) is 10.3. The fraction of sp³-hybridized carbons (Fsp3) is 1.00. The van der Waals surface area contributed by atoms with E-state index in [0.717, 1.165) is 12.8 Å². The first kappa shape index (κ1) is 13.9. The van der Waals surface area contributed by atoms with Crippen LogP contribution in [0.4, 0.5) is 0 Å². The van der Waals surface area contributed by atoms with Gasteiger partial charge in [0.1, 0.15) is 0 Å². The summed E-state index contributed by atoms with van der Waals surface area (Å²) in [6.45, 7) is 4.92. The molecule has 0 aromatic carbocycles. The van der Waals surface area contributed by atoms with E-state index in [9.17, 15) is 8.42 Å². The molecule has 1 fully saturated rings. The van der Waals surface area contributed by atoms with Gasteiger partial charge in [0.2, 0.25) is 0 Å². The van der Waals surface area contributed by atoms with Crippen molar-refractivity contribution < 1.29 is 13.5 Å². The smallest absolute Gasteiger partial charge is 0.281 e. The van der Waals surface area contributed by atoms with Crippen LogP contribution in [-0.2, 0) is 10.2 Å². The highest BCUT2D eigenvalue weighted by Gasteiger charge is 2.31. The van der Waals surface area contributed by atoms with Crippen molar-refractivity contribution in [2.75, 3.05) is 26.7 Å². The molecule has 0 radical (unpaired) electrons. The molecule has 5 nitrogen and oxygen atoms in total. The van der Waals surface area contributed by atoms with Crippen LogP contribution in [-0.4, -0.2) is 54.9 Å². The Bertz CT molecular complexity index is 308. The van der Waals surface area contributed by atoms with Gasteiger partial charge in [0, 0.05) is 32.8 Å². The number of hydrogen-bond donors (Lipinski definition) is 1. The van der Waals surface area contributed by atoms with Gasteiger partial charge in [-0.2, -0.15) is 17.0 Å². The normalized spacial score (nSPS) is 20.9. The summed E-state index contributed by atoms with van der Waals surface area (Å²) < 4.78 is 27.1. The zero-order chi connectivity index (χ0) is 12.3. The molecule has 1 heterocycles. The van der Waals surface area contributed by atoms with Gasteiger partial charge in [-0.05, 0) is 32.6 Å². The van der Waals surface area contributed by atoms with Gasteiger partial charge in [-0.3, -0.25) is 0 Å². The van der Waals surface area contributed by atoms with E-state index in [1.54, 1.807) is 7.05 Å². The maximum absolute atomic E-state index is 12.1. The maximum Gasteiger partial charge on any atom is 0.281 e. The predicted octanol–water partition coefficient (Wildman–Crippen LogP) is 0.276. The van der Waals surface area contributed by atoms with Gasteiger partial charge >= 0.3 is 0 Å². The largest absolute Gasteiger partial charge is 0.396 e.